The van der Waals surface area contributed by atoms with E-state index in [-0.39, 0.29) is 18.2 Å². The van der Waals surface area contributed by atoms with Crippen LogP contribution in [0.2, 0.25) is 0 Å². The lowest BCUT2D eigenvalue weighted by molar-refractivity contribution is -0.148. The number of carbonyl (C=O) groups excluding carboxylic acids is 1. The number of morpholine rings is 1. The molecule has 0 saturated carbocycles. The van der Waals surface area contributed by atoms with Gasteiger partial charge < -0.3 is 14.7 Å². The molecule has 1 aromatic carbocycles. The maximum atomic E-state index is 12.5. The van der Waals surface area contributed by atoms with Gasteiger partial charge in [0.15, 0.2) is 0 Å². The number of benzene rings is 1. The molecule has 0 spiro atoms. The third kappa shape index (κ3) is 3.57. The monoisotopic (exact) mass is 277 g/mol. The van der Waals surface area contributed by atoms with E-state index < -0.39 is 12.1 Å². The average molecular weight is 277 g/mol. The van der Waals surface area contributed by atoms with E-state index in [0.717, 1.165) is 5.56 Å². The number of ether oxygens (including phenoxy) is 1. The Kier molecular flexibility index (Phi) is 4.74. The van der Waals surface area contributed by atoms with Gasteiger partial charge in [-0.25, -0.2) is 0 Å². The molecule has 1 aromatic rings. The van der Waals surface area contributed by atoms with E-state index in [1.54, 1.807) is 4.90 Å². The number of carboxylic acid groups (broad SMARTS) is 1. The van der Waals surface area contributed by atoms with Crippen molar-refractivity contribution in [1.82, 2.24) is 4.90 Å². The van der Waals surface area contributed by atoms with Crippen LogP contribution >= 0.6 is 0 Å². The summed E-state index contributed by atoms with van der Waals surface area (Å²) < 4.78 is 5.38. The highest BCUT2D eigenvalue weighted by molar-refractivity contribution is 5.83. The number of carboxylic acids is 1. The van der Waals surface area contributed by atoms with Gasteiger partial charge in [-0.15, -0.1) is 0 Å². The highest BCUT2D eigenvalue weighted by Gasteiger charge is 2.28. The molecule has 0 radical (unpaired) electrons. The largest absolute Gasteiger partial charge is 0.481 e. The van der Waals surface area contributed by atoms with Crippen molar-refractivity contribution in [2.45, 2.75) is 25.4 Å². The maximum Gasteiger partial charge on any atom is 0.306 e. The van der Waals surface area contributed by atoms with Crippen LogP contribution in [0.4, 0.5) is 0 Å². The van der Waals surface area contributed by atoms with Crippen LogP contribution in [0.15, 0.2) is 30.3 Å². The Hall–Kier alpha value is -1.88. The van der Waals surface area contributed by atoms with E-state index in [2.05, 4.69) is 0 Å². The second-order valence-electron chi connectivity index (χ2n) is 5.01. The number of carbonyl (C=O) groups is 2. The van der Waals surface area contributed by atoms with Crippen molar-refractivity contribution in [3.8, 4) is 0 Å². The molecule has 1 saturated heterocycles. The fourth-order valence-corrected chi connectivity index (χ4v) is 2.40. The molecule has 5 nitrogen and oxygen atoms in total. The molecule has 1 N–H and O–H groups in total. The molecule has 5 heteroatoms. The van der Waals surface area contributed by atoms with Gasteiger partial charge in [0.2, 0.25) is 5.91 Å². The first-order chi connectivity index (χ1) is 9.58. The number of hydrogen-bond acceptors (Lipinski definition) is 3. The summed E-state index contributed by atoms with van der Waals surface area (Å²) in [5, 5.41) is 8.79. The van der Waals surface area contributed by atoms with Crippen LogP contribution in [0, 0.1) is 0 Å². The molecule has 1 heterocycles. The van der Waals surface area contributed by atoms with Gasteiger partial charge in [-0.05, 0) is 12.5 Å². The Balaban J connectivity index is 1.99. The minimum Gasteiger partial charge on any atom is -0.481 e. The Morgan fingerprint density at radius 1 is 1.40 bits per heavy atom. The molecule has 108 valence electrons. The van der Waals surface area contributed by atoms with Gasteiger partial charge >= 0.3 is 5.97 Å². The van der Waals surface area contributed by atoms with Gasteiger partial charge in [0.25, 0.3) is 0 Å². The van der Waals surface area contributed by atoms with Gasteiger partial charge in [0.1, 0.15) is 0 Å². The summed E-state index contributed by atoms with van der Waals surface area (Å²) in [6, 6.07) is 9.59. The molecule has 1 aliphatic heterocycles. The summed E-state index contributed by atoms with van der Waals surface area (Å²) >= 11 is 0. The minimum atomic E-state index is -0.902. The fourth-order valence-electron chi connectivity index (χ4n) is 2.40. The van der Waals surface area contributed by atoms with Crippen LogP contribution in [0.25, 0.3) is 0 Å². The van der Waals surface area contributed by atoms with Crippen LogP contribution in [0.5, 0.6) is 0 Å². The SMILES string of the molecule is C[C@H](C(=O)N1CCOC(CC(=O)O)C1)c1ccccc1. The Morgan fingerprint density at radius 3 is 2.75 bits per heavy atom. The first-order valence-electron chi connectivity index (χ1n) is 6.75. The van der Waals surface area contributed by atoms with Crippen molar-refractivity contribution in [3.63, 3.8) is 0 Å². The lowest BCUT2D eigenvalue weighted by Gasteiger charge is -2.34. The molecule has 1 aliphatic rings. The predicted molar refractivity (Wildman–Crippen MR) is 73.4 cm³/mol. The van der Waals surface area contributed by atoms with Gasteiger partial charge in [-0.2, -0.15) is 0 Å². The minimum absolute atomic E-state index is 0.0230. The Morgan fingerprint density at radius 2 is 2.10 bits per heavy atom. The van der Waals surface area contributed by atoms with Crippen molar-refractivity contribution < 1.29 is 19.4 Å². The van der Waals surface area contributed by atoms with E-state index in [9.17, 15) is 9.59 Å². The van der Waals surface area contributed by atoms with Crippen LogP contribution in [0.1, 0.15) is 24.8 Å². The van der Waals surface area contributed by atoms with Crippen molar-refractivity contribution >= 4 is 11.9 Å². The topological polar surface area (TPSA) is 66.8 Å². The molecular formula is C15H19NO4. The summed E-state index contributed by atoms with van der Waals surface area (Å²) in [7, 11) is 0. The number of aliphatic carboxylic acids is 1. The molecule has 20 heavy (non-hydrogen) atoms. The summed E-state index contributed by atoms with van der Waals surface area (Å²) in [6.07, 6.45) is -0.475. The Labute approximate surface area is 118 Å². The summed E-state index contributed by atoms with van der Waals surface area (Å²) in [4.78, 5) is 24.9. The van der Waals surface area contributed by atoms with Crippen molar-refractivity contribution in [3.05, 3.63) is 35.9 Å². The van der Waals surface area contributed by atoms with E-state index in [0.29, 0.717) is 19.7 Å². The normalized spacial score (nSPS) is 20.4. The van der Waals surface area contributed by atoms with Crippen molar-refractivity contribution in [1.29, 1.82) is 0 Å². The molecule has 1 amide bonds. The highest BCUT2D eigenvalue weighted by atomic mass is 16.5. The van der Waals surface area contributed by atoms with Crippen LogP contribution < -0.4 is 0 Å². The van der Waals surface area contributed by atoms with E-state index in [1.165, 1.54) is 0 Å². The molecule has 1 fully saturated rings. The van der Waals surface area contributed by atoms with Crippen molar-refractivity contribution in [2.75, 3.05) is 19.7 Å². The predicted octanol–water partition coefficient (Wildman–Crippen LogP) is 1.49. The number of nitrogens with zero attached hydrogens (tertiary/aromatic N) is 1. The molecule has 2 rings (SSSR count). The zero-order valence-corrected chi connectivity index (χ0v) is 11.5. The molecule has 0 aliphatic carbocycles. The van der Waals surface area contributed by atoms with Gasteiger partial charge in [-0.1, -0.05) is 30.3 Å². The number of rotatable bonds is 4. The number of amides is 1. The second-order valence-corrected chi connectivity index (χ2v) is 5.01. The summed E-state index contributed by atoms with van der Waals surface area (Å²) in [6.45, 7) is 3.14. The van der Waals surface area contributed by atoms with Gasteiger partial charge in [0, 0.05) is 13.1 Å². The zero-order valence-electron chi connectivity index (χ0n) is 11.5. The molecule has 1 unspecified atom stereocenters. The van der Waals surface area contributed by atoms with Crippen LogP contribution in [-0.2, 0) is 14.3 Å². The smallest absolute Gasteiger partial charge is 0.306 e. The fraction of sp³-hybridized carbons (Fsp3) is 0.467. The third-order valence-corrected chi connectivity index (χ3v) is 3.52. The van der Waals surface area contributed by atoms with Crippen LogP contribution in [0.3, 0.4) is 0 Å². The van der Waals surface area contributed by atoms with Gasteiger partial charge in [-0.3, -0.25) is 9.59 Å². The lowest BCUT2D eigenvalue weighted by Crippen LogP contribution is -2.47. The molecule has 0 aromatic heterocycles. The third-order valence-electron chi connectivity index (χ3n) is 3.52. The van der Waals surface area contributed by atoms with E-state index >= 15 is 0 Å². The number of hydrogen-bond donors (Lipinski definition) is 1. The lowest BCUT2D eigenvalue weighted by atomic mass is 9.99. The maximum absolute atomic E-state index is 12.5. The van der Waals surface area contributed by atoms with E-state index in [1.807, 2.05) is 37.3 Å². The summed E-state index contributed by atoms with van der Waals surface area (Å²) in [5.74, 6) is -1.10. The first-order valence-corrected chi connectivity index (χ1v) is 6.75. The van der Waals surface area contributed by atoms with Crippen molar-refractivity contribution in [2.24, 2.45) is 0 Å². The first kappa shape index (κ1) is 14.5. The Bertz CT molecular complexity index is 474. The average Bonchev–Trinajstić information content (AvgIpc) is 2.46. The quantitative estimate of drug-likeness (QED) is 0.905. The molecule has 2 atom stereocenters. The summed E-state index contributed by atoms with van der Waals surface area (Å²) in [5.41, 5.74) is 0.971. The van der Waals surface area contributed by atoms with Gasteiger partial charge in [0.05, 0.1) is 25.0 Å². The zero-order chi connectivity index (χ0) is 14.5. The molecule has 0 bridgehead atoms. The second kappa shape index (κ2) is 6.52. The molecular weight excluding hydrogens is 258 g/mol. The standard InChI is InChI=1S/C15H19NO4/c1-11(12-5-3-2-4-6-12)15(19)16-7-8-20-13(10-16)9-14(17)18/h2-6,11,13H,7-10H2,1H3,(H,17,18)/t11-,13?/m0/s1. The van der Waals surface area contributed by atoms with E-state index in [4.69, 9.17) is 9.84 Å². The van der Waals surface area contributed by atoms with Crippen LogP contribution in [-0.4, -0.2) is 47.7 Å². The highest BCUT2D eigenvalue weighted by Crippen LogP contribution is 2.20.